The number of hydrogen-bond acceptors (Lipinski definition) is 16. The SMILES string of the molecule is C[Si](C)(C)N(c1c[c-]ccc1F)[Si](C)(C)C.Cc1cc(C(=O)O)n(-c2cccc(C#N)c2)n1.Cl.NCC1CC1.Nc1cc(C(O)c2ccccc2OCc2ccccc2)ccc1F.O=Cc1ccccc1OCc1ccccc1.O=S(Cl)Cl.[Br-].[C-]#[N+]c1cccc(-n2nc(C)cc2C(=O)Nc2cc(C(O)c3ccccc3OCc3ccccc3)ccc2F)c1.[Mg+2].[Na+].[OH-]. The zero-order valence-corrected chi connectivity index (χ0v) is 81.5. The second-order valence-corrected chi connectivity index (χ2v) is 42.1. The van der Waals surface area contributed by atoms with Crippen LogP contribution in [-0.2, 0) is 29.0 Å². The van der Waals surface area contributed by atoms with Crippen molar-refractivity contribution in [2.24, 2.45) is 11.7 Å². The Balaban J connectivity index is 0.000000414. The second kappa shape index (κ2) is 55.5. The summed E-state index contributed by atoms with van der Waals surface area (Å²) in [6, 6.07) is 85.5. The number of nitrogen functional groups attached to an aromatic ring is 1. The van der Waals surface area contributed by atoms with Gasteiger partial charge in [0.15, 0.2) is 17.7 Å². The van der Waals surface area contributed by atoms with Gasteiger partial charge in [-0.3, -0.25) is 9.59 Å². The first-order valence-corrected chi connectivity index (χ1v) is 48.1. The normalized spacial score (nSPS) is 11.2. The van der Waals surface area contributed by atoms with Gasteiger partial charge in [0, 0.05) is 38.3 Å². The molecule has 654 valence electrons. The molecule has 0 bridgehead atoms. The minimum atomic E-state index is -1.67. The van der Waals surface area contributed by atoms with Crippen molar-refractivity contribution >= 4 is 123 Å². The largest absolute Gasteiger partial charge is 2.00 e. The number of nitriles is 1. The number of anilines is 3. The molecule has 2 unspecified atom stereocenters. The molecule has 1 aliphatic rings. The Morgan fingerprint density at radius 3 is 1.51 bits per heavy atom. The van der Waals surface area contributed by atoms with Crippen LogP contribution in [0.4, 0.5) is 35.9 Å². The van der Waals surface area contributed by atoms with E-state index >= 15 is 0 Å². The monoisotopic (exact) mass is 1920 g/mol. The standard InChI is InChI=1S/C32H25FN4O3.C20H18FNO2.C14H12O2.C12H21FNSi2.C12H9N3O2.C4H9N.BrH.Cl2OS.ClH.Mg.Na.H2O/c1-21-17-29(37(36-21)25-12-8-11-24(19-25)34-2)32(39)35-28-18-23(15-16-27(28)33)31(38)26-13-6-7-14-30(26)40-20-22-9-4-3-5-10-22;21-17-11-10-15(12-18(17)22)20(23)16-8-4-5-9-19(16)24-13-14-6-2-1-3-7-14;15-10-13-8-4-5-9-14(13)16-11-12-6-2-1-3-7-12;1-15(2,3)14(16(4,5)6)12-10-8-7-9-11(12)13;1-8-5-11(12(16)17)15(14-8)10-4-2-3-9(6-10)7-13;5-3-4-1-2-4;;1-4(2)3;;;;/h3-19,31,38H,20H2,1H3,(H,35,39);1-12,20,23H,13,22H2;1-10H,11H2;7,9-10H,1-6H3;2-6H,1H3,(H,16,17);4H,1-3,5H2;1H;;1H;;;1H2/q;;;-1;;;;;;+2;+1;/p-2. The topological polar surface area (TPSA) is 318 Å². The average Bonchev–Trinajstić information content (AvgIpc) is 1.60. The molecule has 11 aromatic carbocycles. The van der Waals surface area contributed by atoms with E-state index in [0.29, 0.717) is 98.9 Å². The molecule has 1 fully saturated rings. The Labute approximate surface area is 807 Å². The number of carboxylic acid groups (broad SMARTS) is 1. The first kappa shape index (κ1) is 111. The van der Waals surface area contributed by atoms with E-state index in [1.807, 2.05) is 127 Å². The molecule has 0 saturated heterocycles. The summed E-state index contributed by atoms with van der Waals surface area (Å²) in [5, 5.41) is 50.8. The molecule has 33 heteroatoms. The summed E-state index contributed by atoms with van der Waals surface area (Å²) in [6.07, 6.45) is 1.50. The minimum absolute atomic E-state index is 0. The molecule has 9 N–H and O–H groups in total. The second-order valence-electron chi connectivity index (χ2n) is 29.5. The molecule has 1 aliphatic carbocycles. The first-order chi connectivity index (χ1) is 58.4. The number of nitrogens with one attached hydrogen (secondary N) is 1. The Hall–Kier alpha value is -10.2. The molecule has 2 heterocycles. The number of hydrogen-bond donors (Lipinski definition) is 6. The molecule has 21 nitrogen and oxygen atoms in total. The maximum absolute atomic E-state index is 14.9. The maximum Gasteiger partial charge on any atom is 2.00 e. The summed E-state index contributed by atoms with van der Waals surface area (Å²) in [7, 11) is 4.24. The van der Waals surface area contributed by atoms with Crippen molar-refractivity contribution in [1.82, 2.24) is 19.6 Å². The molecule has 13 aromatic rings. The van der Waals surface area contributed by atoms with Crippen LogP contribution >= 0.6 is 33.8 Å². The average molecular weight is 1920 g/mol. The van der Waals surface area contributed by atoms with Crippen LogP contribution in [0.3, 0.4) is 0 Å². The van der Waals surface area contributed by atoms with Crippen LogP contribution in [0, 0.1) is 61.2 Å². The molecule has 2 aromatic heterocycles. The van der Waals surface area contributed by atoms with Crippen molar-refractivity contribution in [1.29, 1.82) is 5.26 Å². The predicted molar refractivity (Wildman–Crippen MR) is 496 cm³/mol. The number of aldehydes is 1. The van der Waals surface area contributed by atoms with Gasteiger partial charge < -0.3 is 73.0 Å². The third-order valence-corrected chi connectivity index (χ3v) is 25.2. The Morgan fingerprint density at radius 1 is 0.638 bits per heavy atom. The number of rotatable bonds is 23. The van der Waals surface area contributed by atoms with E-state index in [0.717, 1.165) is 41.1 Å². The fraction of sp³-hybridized carbons (Fsp3) is 0.181. The van der Waals surface area contributed by atoms with E-state index in [1.54, 1.807) is 123 Å². The molecule has 0 radical (unpaired) electrons. The van der Waals surface area contributed by atoms with E-state index in [9.17, 15) is 37.8 Å². The summed E-state index contributed by atoms with van der Waals surface area (Å²) in [5.41, 5.74) is 20.6. The zero-order valence-electron chi connectivity index (χ0n) is 71.3. The van der Waals surface area contributed by atoms with Gasteiger partial charge in [-0.15, -0.1) is 18.5 Å². The van der Waals surface area contributed by atoms with Crippen molar-refractivity contribution in [3.8, 4) is 34.7 Å². The number of nitrogens with zero attached hydrogens (tertiary/aromatic N) is 7. The number of ether oxygens (including phenoxy) is 3. The smallest absolute Gasteiger partial charge is 1.00 e. The molecule has 0 aliphatic heterocycles. The molecule has 1 saturated carbocycles. The third kappa shape index (κ3) is 35.4. The number of aryl methyl sites for hydroxylation is 2. The molecule has 1 amide bonds. The third-order valence-electron chi connectivity index (χ3n) is 18.0. The van der Waals surface area contributed by atoms with Crippen LogP contribution in [0.1, 0.15) is 112 Å². The number of carbonyl (C=O) groups excluding carboxylic acids is 2. The van der Waals surface area contributed by atoms with Crippen LogP contribution in [0.15, 0.2) is 279 Å². The molecular weight excluding hydrogens is 1820 g/mol. The van der Waals surface area contributed by atoms with Crippen molar-refractivity contribution in [3.63, 3.8) is 0 Å². The van der Waals surface area contributed by atoms with E-state index in [-0.39, 0.29) is 116 Å². The maximum atomic E-state index is 14.9. The predicted octanol–water partition coefficient (Wildman–Crippen LogP) is 15.1. The van der Waals surface area contributed by atoms with Crippen LogP contribution in [0.25, 0.3) is 16.2 Å². The quantitative estimate of drug-likeness (QED) is 0.0114. The number of benzene rings is 11. The number of aromatic nitrogens is 4. The van der Waals surface area contributed by atoms with Gasteiger partial charge in [-0.25, -0.2) is 36.4 Å². The van der Waals surface area contributed by atoms with Crippen molar-refractivity contribution in [2.45, 2.75) is 98.0 Å². The van der Waals surface area contributed by atoms with Gasteiger partial charge in [-0.05, 0) is 158 Å². The fourth-order valence-electron chi connectivity index (χ4n) is 12.4. The number of carbonyl (C=O) groups is 3. The number of nitrogens with two attached hydrogens (primary N) is 2. The number of amides is 1. The van der Waals surface area contributed by atoms with Gasteiger partial charge in [-0.2, -0.15) is 33.7 Å². The number of aliphatic hydroxyl groups is 2. The van der Waals surface area contributed by atoms with Gasteiger partial charge in [0.1, 0.15) is 83.1 Å². The number of aliphatic hydroxyl groups excluding tert-OH is 2. The Morgan fingerprint density at radius 2 is 1.07 bits per heavy atom. The summed E-state index contributed by atoms with van der Waals surface area (Å²) >= 11 is 0. The summed E-state index contributed by atoms with van der Waals surface area (Å²) < 4.78 is 73.7. The van der Waals surface area contributed by atoms with Crippen LogP contribution in [-0.4, -0.2) is 109 Å². The van der Waals surface area contributed by atoms with Crippen LogP contribution < -0.4 is 81.8 Å². The summed E-state index contributed by atoms with van der Waals surface area (Å²) in [4.78, 5) is 38.5. The van der Waals surface area contributed by atoms with Gasteiger partial charge in [0.05, 0.1) is 57.9 Å². The minimum Gasteiger partial charge on any atom is -1.00 e. The molecule has 2 atom stereocenters. The Bertz CT molecular complexity index is 5730. The summed E-state index contributed by atoms with van der Waals surface area (Å²) in [6.45, 7) is 26.4. The number of carboxylic acids is 1. The van der Waals surface area contributed by atoms with Gasteiger partial charge >= 0.3 is 58.6 Å². The van der Waals surface area contributed by atoms with Crippen molar-refractivity contribution in [2.75, 3.05) is 21.8 Å². The molecule has 127 heavy (non-hydrogen) atoms. The van der Waals surface area contributed by atoms with E-state index in [1.165, 1.54) is 70.7 Å². The zero-order chi connectivity index (χ0) is 88.5. The van der Waals surface area contributed by atoms with E-state index in [2.05, 4.69) is 91.3 Å². The van der Waals surface area contributed by atoms with Crippen LogP contribution in [0.5, 0.6) is 17.2 Å². The van der Waals surface area contributed by atoms with Crippen LogP contribution in [0.2, 0.25) is 39.3 Å². The van der Waals surface area contributed by atoms with Crippen molar-refractivity contribution < 1.29 is 113 Å². The Kier molecular flexibility index (Phi) is 48.5. The molecule has 0 spiro atoms. The fourth-order valence-corrected chi connectivity index (χ4v) is 22.3. The number of aromatic carboxylic acids is 1. The summed E-state index contributed by atoms with van der Waals surface area (Å²) in [5.74, 6) is -0.305. The van der Waals surface area contributed by atoms with Gasteiger partial charge in [0.25, 0.3) is 5.91 Å². The first-order valence-electron chi connectivity index (χ1n) is 38.4. The van der Waals surface area contributed by atoms with E-state index < -0.39 is 61.4 Å². The molecular formula is C94H96BrCl3F3MgN10NaO11SSi2. The number of para-hydroxylation sites is 3. The molecule has 14 rings (SSSR count). The number of halogens is 7. The van der Waals surface area contributed by atoms with Gasteiger partial charge in [-0.1, -0.05) is 215 Å². The van der Waals surface area contributed by atoms with Crippen molar-refractivity contribution in [3.05, 3.63) is 387 Å². The van der Waals surface area contributed by atoms with Gasteiger partial charge in [0.2, 0.25) is 9.23 Å². The van der Waals surface area contributed by atoms with E-state index in [4.69, 9.17) is 46.8 Å².